The lowest BCUT2D eigenvalue weighted by Gasteiger charge is -2.34. The van der Waals surface area contributed by atoms with Crippen LogP contribution in [-0.2, 0) is 4.79 Å². The van der Waals surface area contributed by atoms with Crippen LogP contribution in [0.25, 0.3) is 0 Å². The molecule has 2 unspecified atom stereocenters. The van der Waals surface area contributed by atoms with Gasteiger partial charge in [-0.1, -0.05) is 30.3 Å². The maximum absolute atomic E-state index is 11.8. The number of piperidine rings is 1. The lowest BCUT2D eigenvalue weighted by atomic mass is 10.0. The number of nitrogens with zero attached hydrogens (tertiary/aromatic N) is 1. The normalized spacial score (nSPS) is 22.6. The Morgan fingerprint density at radius 3 is 2.76 bits per heavy atom. The van der Waals surface area contributed by atoms with Gasteiger partial charge < -0.3 is 10.0 Å². The fourth-order valence-corrected chi connectivity index (χ4v) is 2.34. The summed E-state index contributed by atoms with van der Waals surface area (Å²) >= 11 is 0. The van der Waals surface area contributed by atoms with E-state index in [4.69, 9.17) is 0 Å². The van der Waals surface area contributed by atoms with Crippen molar-refractivity contribution in [2.45, 2.75) is 38.3 Å². The molecule has 1 aliphatic heterocycles. The molecule has 0 aliphatic carbocycles. The van der Waals surface area contributed by atoms with Gasteiger partial charge in [-0.25, -0.2) is 0 Å². The fraction of sp³-hybridized carbons (Fsp3) is 0.500. The van der Waals surface area contributed by atoms with E-state index in [2.05, 4.69) is 6.92 Å². The number of aliphatic hydroxyl groups excluding tert-OH is 1. The van der Waals surface area contributed by atoms with Gasteiger partial charge in [0.1, 0.15) is 0 Å². The molecular weight excluding hydrogens is 214 g/mol. The average Bonchev–Trinajstić information content (AvgIpc) is 2.35. The number of amides is 1. The first-order valence-electron chi connectivity index (χ1n) is 6.21. The Morgan fingerprint density at radius 1 is 1.41 bits per heavy atom. The van der Waals surface area contributed by atoms with E-state index < -0.39 is 6.10 Å². The average molecular weight is 233 g/mol. The Bertz CT molecular complexity index is 377. The summed E-state index contributed by atoms with van der Waals surface area (Å²) in [7, 11) is 0. The molecule has 2 atom stereocenters. The van der Waals surface area contributed by atoms with Crippen molar-refractivity contribution in [3.8, 4) is 0 Å². The number of hydrogen-bond acceptors (Lipinski definition) is 2. The zero-order chi connectivity index (χ0) is 12.3. The number of aliphatic hydroxyl groups is 1. The van der Waals surface area contributed by atoms with Crippen molar-refractivity contribution in [3.05, 3.63) is 35.9 Å². The number of rotatable bonds is 3. The van der Waals surface area contributed by atoms with Gasteiger partial charge in [0, 0.05) is 12.5 Å². The first kappa shape index (κ1) is 12.1. The predicted octanol–water partition coefficient (Wildman–Crippen LogP) is 2.12. The molecule has 92 valence electrons. The van der Waals surface area contributed by atoms with E-state index >= 15 is 0 Å². The van der Waals surface area contributed by atoms with Crippen LogP contribution in [0, 0.1) is 0 Å². The minimum absolute atomic E-state index is 0.165. The van der Waals surface area contributed by atoms with E-state index in [0.717, 1.165) is 18.4 Å². The molecule has 0 saturated carbocycles. The molecule has 0 radical (unpaired) electrons. The highest BCUT2D eigenvalue weighted by atomic mass is 16.3. The SMILES string of the molecule is CC1CCCC(=O)N1CC(O)c1ccccc1. The Balaban J connectivity index is 2.02. The lowest BCUT2D eigenvalue weighted by molar-refractivity contribution is -0.137. The highest BCUT2D eigenvalue weighted by Gasteiger charge is 2.26. The molecule has 17 heavy (non-hydrogen) atoms. The summed E-state index contributed by atoms with van der Waals surface area (Å²) in [4.78, 5) is 13.6. The minimum atomic E-state index is -0.583. The Kier molecular flexibility index (Phi) is 3.79. The van der Waals surface area contributed by atoms with Crippen LogP contribution in [0.2, 0.25) is 0 Å². The smallest absolute Gasteiger partial charge is 0.222 e. The largest absolute Gasteiger partial charge is 0.387 e. The summed E-state index contributed by atoms with van der Waals surface area (Å²) in [5, 5.41) is 10.1. The highest BCUT2D eigenvalue weighted by molar-refractivity contribution is 5.77. The molecule has 0 aromatic heterocycles. The number of benzene rings is 1. The van der Waals surface area contributed by atoms with Gasteiger partial charge >= 0.3 is 0 Å². The summed E-state index contributed by atoms with van der Waals surface area (Å²) in [5.41, 5.74) is 0.873. The molecule has 3 heteroatoms. The zero-order valence-corrected chi connectivity index (χ0v) is 10.2. The molecule has 1 aromatic carbocycles. The Morgan fingerprint density at radius 2 is 2.12 bits per heavy atom. The van der Waals surface area contributed by atoms with Gasteiger partial charge in [-0.3, -0.25) is 4.79 Å². The van der Waals surface area contributed by atoms with Crippen molar-refractivity contribution in [2.24, 2.45) is 0 Å². The van der Waals surface area contributed by atoms with Crippen LogP contribution in [0.15, 0.2) is 30.3 Å². The first-order chi connectivity index (χ1) is 8.18. The summed E-state index contributed by atoms with van der Waals surface area (Å²) in [6.45, 7) is 2.46. The van der Waals surface area contributed by atoms with Gasteiger partial charge in [0.05, 0.1) is 12.6 Å². The van der Waals surface area contributed by atoms with E-state index in [1.807, 2.05) is 30.3 Å². The quantitative estimate of drug-likeness (QED) is 0.868. The minimum Gasteiger partial charge on any atom is -0.387 e. The first-order valence-corrected chi connectivity index (χ1v) is 6.21. The van der Waals surface area contributed by atoms with Crippen molar-refractivity contribution in [3.63, 3.8) is 0 Å². The molecule has 1 aromatic rings. The van der Waals surface area contributed by atoms with E-state index in [9.17, 15) is 9.90 Å². The number of carbonyl (C=O) groups is 1. The standard InChI is InChI=1S/C14H19NO2/c1-11-6-5-9-14(17)15(11)10-13(16)12-7-3-2-4-8-12/h2-4,7-8,11,13,16H,5-6,9-10H2,1H3. The van der Waals surface area contributed by atoms with E-state index in [1.165, 1.54) is 0 Å². The van der Waals surface area contributed by atoms with Crippen LogP contribution < -0.4 is 0 Å². The van der Waals surface area contributed by atoms with Gasteiger partial charge in [0.25, 0.3) is 0 Å². The second-order valence-corrected chi connectivity index (χ2v) is 4.71. The highest BCUT2D eigenvalue weighted by Crippen LogP contribution is 2.22. The predicted molar refractivity (Wildman–Crippen MR) is 66.4 cm³/mol. The second kappa shape index (κ2) is 5.32. The molecule has 1 aliphatic rings. The van der Waals surface area contributed by atoms with Crippen molar-refractivity contribution < 1.29 is 9.90 Å². The van der Waals surface area contributed by atoms with Gasteiger partial charge in [0.15, 0.2) is 0 Å². The third-order valence-corrected chi connectivity index (χ3v) is 3.42. The zero-order valence-electron chi connectivity index (χ0n) is 10.2. The van der Waals surface area contributed by atoms with Gasteiger partial charge in [-0.2, -0.15) is 0 Å². The molecule has 0 spiro atoms. The fourth-order valence-electron chi connectivity index (χ4n) is 2.34. The summed E-state index contributed by atoms with van der Waals surface area (Å²) in [6, 6.07) is 9.76. The van der Waals surface area contributed by atoms with Gasteiger partial charge in [-0.05, 0) is 25.3 Å². The van der Waals surface area contributed by atoms with E-state index in [-0.39, 0.29) is 11.9 Å². The third-order valence-electron chi connectivity index (χ3n) is 3.42. The summed E-state index contributed by atoms with van der Waals surface area (Å²) in [5.74, 6) is 0.165. The van der Waals surface area contributed by atoms with Gasteiger partial charge in [0.2, 0.25) is 5.91 Å². The molecule has 1 amide bonds. The van der Waals surface area contributed by atoms with Crippen LogP contribution in [0.1, 0.15) is 37.9 Å². The van der Waals surface area contributed by atoms with Gasteiger partial charge in [-0.15, -0.1) is 0 Å². The van der Waals surface area contributed by atoms with E-state index in [0.29, 0.717) is 13.0 Å². The topological polar surface area (TPSA) is 40.5 Å². The molecular formula is C14H19NO2. The molecule has 1 fully saturated rings. The maximum Gasteiger partial charge on any atom is 0.222 e. The van der Waals surface area contributed by atoms with E-state index in [1.54, 1.807) is 4.90 Å². The lowest BCUT2D eigenvalue weighted by Crippen LogP contribution is -2.44. The van der Waals surface area contributed by atoms with Crippen molar-refractivity contribution in [1.82, 2.24) is 4.90 Å². The molecule has 1 heterocycles. The van der Waals surface area contributed by atoms with Crippen LogP contribution in [0.3, 0.4) is 0 Å². The molecule has 1 saturated heterocycles. The number of likely N-dealkylation sites (tertiary alicyclic amines) is 1. The maximum atomic E-state index is 11.8. The van der Waals surface area contributed by atoms with Crippen molar-refractivity contribution >= 4 is 5.91 Å². The van der Waals surface area contributed by atoms with Crippen LogP contribution in [0.4, 0.5) is 0 Å². The summed E-state index contributed by atoms with van der Waals surface area (Å²) < 4.78 is 0. The second-order valence-electron chi connectivity index (χ2n) is 4.71. The van der Waals surface area contributed by atoms with Crippen molar-refractivity contribution in [2.75, 3.05) is 6.54 Å². The van der Waals surface area contributed by atoms with Crippen LogP contribution >= 0.6 is 0 Å². The van der Waals surface area contributed by atoms with Crippen LogP contribution in [-0.4, -0.2) is 28.5 Å². The van der Waals surface area contributed by atoms with Crippen molar-refractivity contribution in [1.29, 1.82) is 0 Å². The van der Waals surface area contributed by atoms with Crippen LogP contribution in [0.5, 0.6) is 0 Å². The number of hydrogen-bond donors (Lipinski definition) is 1. The third kappa shape index (κ3) is 2.86. The molecule has 1 N–H and O–H groups in total. The number of carbonyl (C=O) groups excluding carboxylic acids is 1. The molecule has 0 bridgehead atoms. The Hall–Kier alpha value is -1.35. The number of β-amino-alcohol motifs (C(OH)–C–C–N with tert-alkyl or cyclic N) is 1. The summed E-state index contributed by atoms with van der Waals surface area (Å²) in [6.07, 6.45) is 2.04. The Labute approximate surface area is 102 Å². The molecule has 2 rings (SSSR count). The molecule has 3 nitrogen and oxygen atoms in total. The monoisotopic (exact) mass is 233 g/mol.